The largest absolute Gasteiger partial charge is 0.369 e. The van der Waals surface area contributed by atoms with Crippen LogP contribution in [0.15, 0.2) is 12.1 Å². The van der Waals surface area contributed by atoms with Gasteiger partial charge < -0.3 is 15.1 Å². The Balaban J connectivity index is 1.85. The molecular formula is C17H19FN4O3. The number of piperazine rings is 1. The van der Waals surface area contributed by atoms with Gasteiger partial charge in [-0.25, -0.2) is 4.39 Å². The molecule has 3 aliphatic rings. The van der Waals surface area contributed by atoms with E-state index in [4.69, 9.17) is 11.0 Å². The molecule has 0 radical (unpaired) electrons. The van der Waals surface area contributed by atoms with Gasteiger partial charge in [0.25, 0.3) is 5.91 Å². The predicted octanol–water partition coefficient (Wildman–Crippen LogP) is -0.00370. The van der Waals surface area contributed by atoms with Crippen LogP contribution in [-0.4, -0.2) is 54.7 Å². The van der Waals surface area contributed by atoms with Gasteiger partial charge in [0, 0.05) is 61.3 Å². The zero-order chi connectivity index (χ0) is 24.7. The fraction of sp³-hybridized carbons (Fsp3) is 0.471. The molecule has 132 valence electrons. The third kappa shape index (κ3) is 2.76. The Labute approximate surface area is 155 Å². The van der Waals surface area contributed by atoms with E-state index >= 15 is 0 Å². The number of hydrogen-bond donors (Lipinski definition) is 2. The second-order valence-electron chi connectivity index (χ2n) is 5.78. The summed E-state index contributed by atoms with van der Waals surface area (Å²) >= 11 is 0. The second kappa shape index (κ2) is 6.11. The second-order valence-corrected chi connectivity index (χ2v) is 5.78. The van der Waals surface area contributed by atoms with Crippen molar-refractivity contribution in [1.82, 2.24) is 15.5 Å². The molecule has 3 aliphatic heterocycles. The van der Waals surface area contributed by atoms with Crippen molar-refractivity contribution < 1.29 is 29.7 Å². The number of benzene rings is 1. The van der Waals surface area contributed by atoms with E-state index in [1.165, 1.54) is 0 Å². The number of imide groups is 1. The molecule has 2 fully saturated rings. The maximum absolute atomic E-state index is 14.6. The van der Waals surface area contributed by atoms with E-state index in [1.54, 1.807) is 5.32 Å². The van der Waals surface area contributed by atoms with E-state index in [0.29, 0.717) is 6.07 Å². The number of fused-ring (bicyclic) bond motifs is 1. The van der Waals surface area contributed by atoms with Crippen molar-refractivity contribution in [1.29, 1.82) is 0 Å². The predicted molar refractivity (Wildman–Crippen MR) is 87.5 cm³/mol. The van der Waals surface area contributed by atoms with Gasteiger partial charge in [-0.3, -0.25) is 19.7 Å². The van der Waals surface area contributed by atoms with Crippen LogP contribution in [-0.2, 0) is 16.1 Å². The molecule has 3 heterocycles. The number of nitrogens with zero attached hydrogens (tertiary/aromatic N) is 2. The Hall–Kier alpha value is -2.48. The normalized spacial score (nSPS) is 36.5. The molecule has 7 nitrogen and oxygen atoms in total. The van der Waals surface area contributed by atoms with Gasteiger partial charge >= 0.3 is 0 Å². The fourth-order valence-electron chi connectivity index (χ4n) is 3.15. The topological polar surface area (TPSA) is 81.8 Å². The molecule has 0 spiro atoms. The highest BCUT2D eigenvalue weighted by Crippen LogP contribution is 2.35. The number of halogens is 1. The van der Waals surface area contributed by atoms with Gasteiger partial charge in [-0.1, -0.05) is 0 Å². The lowest BCUT2D eigenvalue weighted by Crippen LogP contribution is -2.52. The zero-order valence-electron chi connectivity index (χ0n) is 20.9. The van der Waals surface area contributed by atoms with Gasteiger partial charge in [0.15, 0.2) is 0 Å². The molecule has 2 N–H and O–H groups in total. The summed E-state index contributed by atoms with van der Waals surface area (Å²) in [5.74, 6) is -3.12. The number of hydrogen-bond acceptors (Lipinski definition) is 5. The average molecular weight is 354 g/mol. The minimum atomic E-state index is -3.23. The number of carbonyl (C=O) groups is 3. The van der Waals surface area contributed by atoms with Crippen LogP contribution in [0.4, 0.5) is 10.1 Å². The highest BCUT2D eigenvalue weighted by atomic mass is 19.1. The summed E-state index contributed by atoms with van der Waals surface area (Å²) in [6.07, 6.45) is -0.0380. The first-order valence-corrected chi connectivity index (χ1v) is 7.58. The lowest BCUT2D eigenvalue weighted by molar-refractivity contribution is -0.136. The van der Waals surface area contributed by atoms with E-state index in [9.17, 15) is 18.8 Å². The Kier molecular flexibility index (Phi) is 2.27. The van der Waals surface area contributed by atoms with E-state index in [-0.39, 0.29) is 35.4 Å². The molecular weight excluding hydrogens is 327 g/mol. The van der Waals surface area contributed by atoms with Crippen molar-refractivity contribution in [2.45, 2.75) is 25.4 Å². The summed E-state index contributed by atoms with van der Waals surface area (Å²) in [4.78, 5) is 38.0. The Morgan fingerprint density at radius 2 is 1.96 bits per heavy atom. The standard InChI is InChI=1S/C17H19FN4O3/c18-10-7-11-12(14(8-10)21-5-3-19-4-6-21)9-22(17(11)25)13-1-2-15(23)20-16(13)24/h7-8,13,19H,1-6,9H2,(H,20,23,24)/i3D2,4D2,5D2,6D2. The van der Waals surface area contributed by atoms with Gasteiger partial charge in [0.05, 0.1) is 5.48 Å². The number of nitrogens with one attached hydrogen (secondary N) is 2. The lowest BCUT2D eigenvalue weighted by Gasteiger charge is -2.32. The highest BCUT2D eigenvalue weighted by molar-refractivity contribution is 6.06. The van der Waals surface area contributed by atoms with Crippen molar-refractivity contribution >= 4 is 23.4 Å². The smallest absolute Gasteiger partial charge is 0.255 e. The van der Waals surface area contributed by atoms with Crippen molar-refractivity contribution in [2.24, 2.45) is 0 Å². The fourth-order valence-corrected chi connectivity index (χ4v) is 3.15. The molecule has 1 unspecified atom stereocenters. The number of anilines is 1. The Morgan fingerprint density at radius 3 is 2.68 bits per heavy atom. The molecule has 0 aromatic heterocycles. The monoisotopic (exact) mass is 354 g/mol. The molecule has 4 rings (SSSR count). The third-order valence-corrected chi connectivity index (χ3v) is 4.30. The van der Waals surface area contributed by atoms with Crippen LogP contribution in [0, 0.1) is 5.82 Å². The molecule has 1 aromatic rings. The van der Waals surface area contributed by atoms with Crippen molar-refractivity contribution in [3.05, 3.63) is 29.1 Å². The number of piperidine rings is 1. The van der Waals surface area contributed by atoms with Gasteiger partial charge in [0.1, 0.15) is 11.9 Å². The first kappa shape index (κ1) is 9.28. The minimum Gasteiger partial charge on any atom is -0.369 e. The Bertz CT molecular complexity index is 1060. The highest BCUT2D eigenvalue weighted by Gasteiger charge is 2.40. The maximum Gasteiger partial charge on any atom is 0.255 e. The first-order valence-electron chi connectivity index (χ1n) is 11.6. The molecule has 0 bridgehead atoms. The van der Waals surface area contributed by atoms with E-state index in [1.807, 2.05) is 0 Å². The zero-order valence-corrected chi connectivity index (χ0v) is 12.9. The van der Waals surface area contributed by atoms with E-state index in [2.05, 4.69) is 5.32 Å². The maximum atomic E-state index is 14.6. The van der Waals surface area contributed by atoms with Gasteiger partial charge in [-0.2, -0.15) is 0 Å². The van der Waals surface area contributed by atoms with Crippen LogP contribution < -0.4 is 15.5 Å². The molecule has 2 saturated heterocycles. The van der Waals surface area contributed by atoms with Gasteiger partial charge in [0.2, 0.25) is 11.8 Å². The molecule has 1 atom stereocenters. The van der Waals surface area contributed by atoms with Crippen LogP contribution in [0.3, 0.4) is 0 Å². The molecule has 0 aliphatic carbocycles. The quantitative estimate of drug-likeness (QED) is 0.731. The molecule has 3 amide bonds. The number of carbonyl (C=O) groups excluding carboxylic acids is 3. The summed E-state index contributed by atoms with van der Waals surface area (Å²) in [5, 5.41) is 3.80. The van der Waals surface area contributed by atoms with Crippen molar-refractivity contribution in [3.8, 4) is 0 Å². The van der Waals surface area contributed by atoms with Crippen LogP contribution in [0.5, 0.6) is 0 Å². The van der Waals surface area contributed by atoms with E-state index in [0.717, 1.165) is 11.0 Å². The van der Waals surface area contributed by atoms with Gasteiger partial charge in [-0.05, 0) is 18.6 Å². The molecule has 1 aromatic carbocycles. The average Bonchev–Trinajstić information content (AvgIpc) is 2.96. The molecule has 25 heavy (non-hydrogen) atoms. The summed E-state index contributed by atoms with van der Waals surface area (Å²) in [5.41, 5.74) is -0.939. The van der Waals surface area contributed by atoms with E-state index < -0.39 is 61.3 Å². The summed E-state index contributed by atoms with van der Waals surface area (Å²) in [6, 6.07) is 0.463. The first-order chi connectivity index (χ1) is 15.0. The minimum absolute atomic E-state index is 0.00258. The summed E-state index contributed by atoms with van der Waals surface area (Å²) < 4.78 is 79.4. The van der Waals surface area contributed by atoms with Gasteiger partial charge in [-0.15, -0.1) is 0 Å². The Morgan fingerprint density at radius 1 is 1.20 bits per heavy atom. The van der Waals surface area contributed by atoms with Crippen molar-refractivity contribution in [3.63, 3.8) is 0 Å². The third-order valence-electron chi connectivity index (χ3n) is 4.30. The van der Waals surface area contributed by atoms with Crippen LogP contribution in [0.25, 0.3) is 0 Å². The SMILES string of the molecule is [2H]C1([2H])NC([2H])([2H])C([2H])([2H])N(c2cc(F)cc3c2CN(C2CCC(=O)NC2=O)C3=O)C1([2H])[2H]. The lowest BCUT2D eigenvalue weighted by atomic mass is 10.0. The van der Waals surface area contributed by atoms with Crippen molar-refractivity contribution in [2.75, 3.05) is 30.9 Å². The number of rotatable bonds is 2. The van der Waals surface area contributed by atoms with Crippen LogP contribution >= 0.6 is 0 Å². The summed E-state index contributed by atoms with van der Waals surface area (Å²) in [6.45, 7) is -13.1. The van der Waals surface area contributed by atoms with Crippen LogP contribution in [0.1, 0.15) is 39.7 Å². The molecule has 0 saturated carbocycles. The summed E-state index contributed by atoms with van der Waals surface area (Å²) in [7, 11) is 0. The van der Waals surface area contributed by atoms with Crippen LogP contribution in [0.2, 0.25) is 0 Å². The molecule has 8 heteroatoms. The number of amides is 3.